The van der Waals surface area contributed by atoms with Crippen molar-refractivity contribution in [3.63, 3.8) is 0 Å². The SMILES string of the molecule is Cc1cc(C#N)ccc1N(CCCC(=O)O)C(C)C. The molecule has 1 N–H and O–H groups in total. The van der Waals surface area contributed by atoms with Gasteiger partial charge in [0.2, 0.25) is 0 Å². The van der Waals surface area contributed by atoms with Crippen molar-refractivity contribution >= 4 is 11.7 Å². The molecule has 0 atom stereocenters. The van der Waals surface area contributed by atoms with E-state index in [9.17, 15) is 4.79 Å². The third-order valence-electron chi connectivity index (χ3n) is 3.05. The summed E-state index contributed by atoms with van der Waals surface area (Å²) in [4.78, 5) is 12.8. The number of aliphatic carboxylic acids is 1. The summed E-state index contributed by atoms with van der Waals surface area (Å²) in [7, 11) is 0. The smallest absolute Gasteiger partial charge is 0.303 e. The number of carboxylic acid groups (broad SMARTS) is 1. The number of benzene rings is 1. The molecule has 1 rings (SSSR count). The molecule has 0 radical (unpaired) electrons. The summed E-state index contributed by atoms with van der Waals surface area (Å²) < 4.78 is 0. The van der Waals surface area contributed by atoms with E-state index in [-0.39, 0.29) is 6.42 Å². The molecule has 0 saturated heterocycles. The second kappa shape index (κ2) is 6.79. The predicted octanol–water partition coefficient (Wildman–Crippen LogP) is 2.95. The van der Waals surface area contributed by atoms with Crippen molar-refractivity contribution in [2.75, 3.05) is 11.4 Å². The van der Waals surface area contributed by atoms with E-state index < -0.39 is 5.97 Å². The highest BCUT2D eigenvalue weighted by molar-refractivity contribution is 5.66. The number of carbonyl (C=O) groups is 1. The molecule has 0 aromatic heterocycles. The van der Waals surface area contributed by atoms with Crippen molar-refractivity contribution in [2.45, 2.75) is 39.7 Å². The van der Waals surface area contributed by atoms with Gasteiger partial charge in [-0.2, -0.15) is 5.26 Å². The van der Waals surface area contributed by atoms with E-state index in [0.717, 1.165) is 11.3 Å². The van der Waals surface area contributed by atoms with Crippen molar-refractivity contribution in [3.05, 3.63) is 29.3 Å². The van der Waals surface area contributed by atoms with E-state index in [2.05, 4.69) is 24.8 Å². The zero-order valence-corrected chi connectivity index (χ0v) is 11.7. The van der Waals surface area contributed by atoms with Crippen LogP contribution in [0.25, 0.3) is 0 Å². The number of nitriles is 1. The van der Waals surface area contributed by atoms with Crippen LogP contribution in [0.4, 0.5) is 5.69 Å². The van der Waals surface area contributed by atoms with Crippen LogP contribution in [-0.2, 0) is 4.79 Å². The quantitative estimate of drug-likeness (QED) is 0.854. The van der Waals surface area contributed by atoms with Crippen LogP contribution < -0.4 is 4.90 Å². The maximum absolute atomic E-state index is 10.6. The average molecular weight is 260 g/mol. The minimum Gasteiger partial charge on any atom is -0.481 e. The molecule has 0 amide bonds. The molecule has 0 fully saturated rings. The normalized spacial score (nSPS) is 10.3. The molecule has 102 valence electrons. The lowest BCUT2D eigenvalue weighted by molar-refractivity contribution is -0.137. The fraction of sp³-hybridized carbons (Fsp3) is 0.467. The summed E-state index contributed by atoms with van der Waals surface area (Å²) in [6.45, 7) is 6.84. The fourth-order valence-electron chi connectivity index (χ4n) is 2.10. The number of rotatable bonds is 6. The Morgan fingerprint density at radius 1 is 1.47 bits per heavy atom. The Kier molecular flexibility index (Phi) is 5.37. The lowest BCUT2D eigenvalue weighted by Crippen LogP contribution is -2.32. The van der Waals surface area contributed by atoms with Crippen molar-refractivity contribution in [1.29, 1.82) is 5.26 Å². The predicted molar refractivity (Wildman–Crippen MR) is 75.2 cm³/mol. The molecule has 1 aromatic carbocycles. The minimum atomic E-state index is -0.764. The first-order valence-corrected chi connectivity index (χ1v) is 6.45. The van der Waals surface area contributed by atoms with Crippen LogP contribution in [0.3, 0.4) is 0 Å². The van der Waals surface area contributed by atoms with Gasteiger partial charge in [-0.1, -0.05) is 0 Å². The van der Waals surface area contributed by atoms with Crippen LogP contribution in [0, 0.1) is 18.3 Å². The van der Waals surface area contributed by atoms with Gasteiger partial charge in [0, 0.05) is 24.7 Å². The lowest BCUT2D eigenvalue weighted by atomic mass is 10.1. The Labute approximate surface area is 114 Å². The zero-order chi connectivity index (χ0) is 14.4. The molecule has 0 aliphatic heterocycles. The summed E-state index contributed by atoms with van der Waals surface area (Å²) in [5, 5.41) is 17.6. The summed E-state index contributed by atoms with van der Waals surface area (Å²) in [6, 6.07) is 8.02. The largest absolute Gasteiger partial charge is 0.481 e. The van der Waals surface area contributed by atoms with Gasteiger partial charge in [-0.3, -0.25) is 4.79 Å². The summed E-state index contributed by atoms with van der Waals surface area (Å²) >= 11 is 0. The fourth-order valence-corrected chi connectivity index (χ4v) is 2.10. The van der Waals surface area contributed by atoms with Gasteiger partial charge in [-0.15, -0.1) is 0 Å². The van der Waals surface area contributed by atoms with Gasteiger partial charge >= 0.3 is 5.97 Å². The van der Waals surface area contributed by atoms with Crippen molar-refractivity contribution in [1.82, 2.24) is 0 Å². The molecule has 0 spiro atoms. The Morgan fingerprint density at radius 3 is 2.63 bits per heavy atom. The molecule has 1 aromatic rings. The Hall–Kier alpha value is -2.02. The molecule has 0 unspecified atom stereocenters. The highest BCUT2D eigenvalue weighted by Gasteiger charge is 2.13. The van der Waals surface area contributed by atoms with Crippen LogP contribution in [-0.4, -0.2) is 23.7 Å². The highest BCUT2D eigenvalue weighted by atomic mass is 16.4. The van der Waals surface area contributed by atoms with Crippen LogP contribution in [0.1, 0.15) is 37.8 Å². The number of carboxylic acids is 1. The summed E-state index contributed by atoms with van der Waals surface area (Å²) in [6.07, 6.45) is 0.797. The molecular formula is C15H20N2O2. The molecule has 0 aliphatic rings. The first kappa shape index (κ1) is 15.0. The topological polar surface area (TPSA) is 64.3 Å². The standard InChI is InChI=1S/C15H20N2O2/c1-11(2)17(8-4-5-15(18)19)14-7-6-13(10-16)9-12(14)3/h6-7,9,11H,4-5,8H2,1-3H3,(H,18,19). The van der Waals surface area contributed by atoms with E-state index in [1.54, 1.807) is 6.07 Å². The number of hydrogen-bond donors (Lipinski definition) is 1. The number of nitrogens with zero attached hydrogens (tertiary/aromatic N) is 2. The van der Waals surface area contributed by atoms with Gasteiger partial charge < -0.3 is 10.0 Å². The monoisotopic (exact) mass is 260 g/mol. The number of aryl methyl sites for hydroxylation is 1. The van der Waals surface area contributed by atoms with E-state index in [0.29, 0.717) is 24.6 Å². The van der Waals surface area contributed by atoms with Gasteiger partial charge in [0.15, 0.2) is 0 Å². The number of hydrogen-bond acceptors (Lipinski definition) is 3. The molecular weight excluding hydrogens is 240 g/mol. The van der Waals surface area contributed by atoms with Gasteiger partial charge in [0.1, 0.15) is 0 Å². The first-order chi connectivity index (χ1) is 8.95. The first-order valence-electron chi connectivity index (χ1n) is 6.45. The van der Waals surface area contributed by atoms with Gasteiger partial charge in [0.05, 0.1) is 11.6 Å². The van der Waals surface area contributed by atoms with E-state index >= 15 is 0 Å². The van der Waals surface area contributed by atoms with Gasteiger partial charge in [-0.25, -0.2) is 0 Å². The van der Waals surface area contributed by atoms with Crippen molar-refractivity contribution in [2.24, 2.45) is 0 Å². The van der Waals surface area contributed by atoms with E-state index in [1.807, 2.05) is 19.1 Å². The molecule has 4 nitrogen and oxygen atoms in total. The van der Waals surface area contributed by atoms with Gasteiger partial charge in [-0.05, 0) is 51.0 Å². The average Bonchev–Trinajstić information content (AvgIpc) is 2.34. The van der Waals surface area contributed by atoms with Crippen LogP contribution in [0.2, 0.25) is 0 Å². The maximum atomic E-state index is 10.6. The molecule has 0 aliphatic carbocycles. The Bertz CT molecular complexity index is 489. The lowest BCUT2D eigenvalue weighted by Gasteiger charge is -2.30. The minimum absolute atomic E-state index is 0.179. The molecule has 19 heavy (non-hydrogen) atoms. The van der Waals surface area contributed by atoms with E-state index in [4.69, 9.17) is 10.4 Å². The second-order valence-electron chi connectivity index (χ2n) is 4.90. The third kappa shape index (κ3) is 4.29. The summed E-state index contributed by atoms with van der Waals surface area (Å²) in [5.74, 6) is -0.764. The summed E-state index contributed by atoms with van der Waals surface area (Å²) in [5.41, 5.74) is 2.76. The third-order valence-corrected chi connectivity index (χ3v) is 3.05. The maximum Gasteiger partial charge on any atom is 0.303 e. The van der Waals surface area contributed by atoms with Crippen LogP contribution >= 0.6 is 0 Å². The Morgan fingerprint density at radius 2 is 2.16 bits per heavy atom. The molecule has 4 heteroatoms. The highest BCUT2D eigenvalue weighted by Crippen LogP contribution is 2.23. The van der Waals surface area contributed by atoms with Crippen LogP contribution in [0.15, 0.2) is 18.2 Å². The van der Waals surface area contributed by atoms with Gasteiger partial charge in [0.25, 0.3) is 0 Å². The molecule has 0 bridgehead atoms. The number of anilines is 1. The zero-order valence-electron chi connectivity index (χ0n) is 11.7. The van der Waals surface area contributed by atoms with E-state index in [1.165, 1.54) is 0 Å². The van der Waals surface area contributed by atoms with Crippen molar-refractivity contribution < 1.29 is 9.90 Å². The molecule has 0 saturated carbocycles. The Balaban J connectivity index is 2.87. The second-order valence-corrected chi connectivity index (χ2v) is 4.90. The van der Waals surface area contributed by atoms with Crippen LogP contribution in [0.5, 0.6) is 0 Å². The van der Waals surface area contributed by atoms with Crippen molar-refractivity contribution in [3.8, 4) is 6.07 Å². The molecule has 0 heterocycles.